The topological polar surface area (TPSA) is 38.3 Å². The van der Waals surface area contributed by atoms with Crippen LogP contribution in [0.2, 0.25) is 0 Å². The molecule has 3 rings (SSSR count). The summed E-state index contributed by atoms with van der Waals surface area (Å²) in [6, 6.07) is 22.2. The minimum absolute atomic E-state index is 0.000247. The van der Waals surface area contributed by atoms with Gasteiger partial charge in [-0.15, -0.1) is 0 Å². The standard InChI is InChI=1S/C22H15F2NO2/c23-22(24)27-20-13-11-18(12-14-20)21(26)25-19-8-4-7-17(15-19)10-9-16-5-2-1-3-6-16/h1-8,11-15,22H,(H,25,26). The molecule has 0 aliphatic carbocycles. The van der Waals surface area contributed by atoms with Gasteiger partial charge < -0.3 is 10.1 Å². The summed E-state index contributed by atoms with van der Waals surface area (Å²) < 4.78 is 28.6. The SMILES string of the molecule is O=C(Nc1cccc(C#Cc2ccccc2)c1)c1ccc(OC(F)F)cc1. The van der Waals surface area contributed by atoms with Crippen LogP contribution in [0.15, 0.2) is 78.9 Å². The Balaban J connectivity index is 1.69. The summed E-state index contributed by atoms with van der Waals surface area (Å²) in [5, 5.41) is 2.76. The van der Waals surface area contributed by atoms with Crippen molar-refractivity contribution >= 4 is 11.6 Å². The summed E-state index contributed by atoms with van der Waals surface area (Å²) in [7, 11) is 0. The zero-order valence-electron chi connectivity index (χ0n) is 14.2. The molecule has 0 saturated heterocycles. The number of halogens is 2. The Morgan fingerprint density at radius 3 is 2.22 bits per heavy atom. The summed E-state index contributed by atoms with van der Waals surface area (Å²) >= 11 is 0. The lowest BCUT2D eigenvalue weighted by Crippen LogP contribution is -2.12. The highest BCUT2D eigenvalue weighted by Crippen LogP contribution is 2.17. The van der Waals surface area contributed by atoms with Gasteiger partial charge in [-0.25, -0.2) is 0 Å². The molecule has 5 heteroatoms. The highest BCUT2D eigenvalue weighted by atomic mass is 19.3. The molecule has 0 heterocycles. The van der Waals surface area contributed by atoms with Gasteiger partial charge in [0.1, 0.15) is 5.75 Å². The Morgan fingerprint density at radius 2 is 1.52 bits per heavy atom. The summed E-state index contributed by atoms with van der Waals surface area (Å²) in [4.78, 5) is 12.3. The van der Waals surface area contributed by atoms with Crippen LogP contribution in [-0.4, -0.2) is 12.5 Å². The molecule has 134 valence electrons. The molecule has 1 amide bonds. The van der Waals surface area contributed by atoms with Crippen molar-refractivity contribution < 1.29 is 18.3 Å². The number of nitrogens with one attached hydrogen (secondary N) is 1. The van der Waals surface area contributed by atoms with Gasteiger partial charge in [-0.3, -0.25) is 4.79 Å². The number of anilines is 1. The molecule has 0 bridgehead atoms. The predicted molar refractivity (Wildman–Crippen MR) is 99.9 cm³/mol. The van der Waals surface area contributed by atoms with Gasteiger partial charge in [0, 0.05) is 22.4 Å². The summed E-state index contributed by atoms with van der Waals surface area (Å²) in [5.41, 5.74) is 2.58. The minimum Gasteiger partial charge on any atom is -0.435 e. The Morgan fingerprint density at radius 1 is 0.852 bits per heavy atom. The molecular formula is C22H15F2NO2. The first-order valence-electron chi connectivity index (χ1n) is 8.13. The van der Waals surface area contributed by atoms with Gasteiger partial charge >= 0.3 is 6.61 Å². The molecule has 0 aliphatic rings. The largest absolute Gasteiger partial charge is 0.435 e. The van der Waals surface area contributed by atoms with Crippen LogP contribution >= 0.6 is 0 Å². The van der Waals surface area contributed by atoms with Crippen LogP contribution in [0.25, 0.3) is 0 Å². The number of ether oxygens (including phenoxy) is 1. The van der Waals surface area contributed by atoms with E-state index in [1.54, 1.807) is 18.2 Å². The van der Waals surface area contributed by atoms with Gasteiger partial charge in [0.25, 0.3) is 5.91 Å². The van der Waals surface area contributed by atoms with Gasteiger partial charge in [0.05, 0.1) is 0 Å². The summed E-state index contributed by atoms with van der Waals surface area (Å²) in [6.07, 6.45) is 0. The number of hydrogen-bond acceptors (Lipinski definition) is 2. The number of rotatable bonds is 4. The molecule has 0 spiro atoms. The van der Waals surface area contributed by atoms with E-state index >= 15 is 0 Å². The van der Waals surface area contributed by atoms with Gasteiger partial charge in [-0.1, -0.05) is 36.1 Å². The lowest BCUT2D eigenvalue weighted by molar-refractivity contribution is -0.0498. The molecule has 27 heavy (non-hydrogen) atoms. The fraction of sp³-hybridized carbons (Fsp3) is 0.0455. The lowest BCUT2D eigenvalue weighted by Gasteiger charge is -2.07. The molecule has 3 aromatic carbocycles. The number of amides is 1. The molecule has 0 fully saturated rings. The van der Waals surface area contributed by atoms with Crippen molar-refractivity contribution in [1.29, 1.82) is 0 Å². The molecule has 0 unspecified atom stereocenters. The molecule has 0 atom stereocenters. The van der Waals surface area contributed by atoms with E-state index in [2.05, 4.69) is 21.9 Å². The van der Waals surface area contributed by atoms with E-state index < -0.39 is 6.61 Å². The Kier molecular flexibility index (Phi) is 5.80. The minimum atomic E-state index is -2.90. The molecule has 1 N–H and O–H groups in total. The van der Waals surface area contributed by atoms with Crippen molar-refractivity contribution in [2.45, 2.75) is 6.61 Å². The van der Waals surface area contributed by atoms with Gasteiger partial charge in [-0.2, -0.15) is 8.78 Å². The third-order valence-corrected chi connectivity index (χ3v) is 3.59. The maximum absolute atomic E-state index is 12.3. The van der Waals surface area contributed by atoms with Crippen LogP contribution in [0.1, 0.15) is 21.5 Å². The predicted octanol–water partition coefficient (Wildman–Crippen LogP) is 4.94. The molecule has 0 radical (unpaired) electrons. The van der Waals surface area contributed by atoms with Crippen molar-refractivity contribution in [3.8, 4) is 17.6 Å². The average molecular weight is 363 g/mol. The number of carbonyl (C=O) groups excluding carboxylic acids is 1. The first-order chi connectivity index (χ1) is 13.1. The van der Waals surface area contributed by atoms with Crippen LogP contribution in [0, 0.1) is 11.8 Å². The van der Waals surface area contributed by atoms with Crippen LogP contribution in [0.5, 0.6) is 5.75 Å². The quantitative estimate of drug-likeness (QED) is 0.667. The first kappa shape index (κ1) is 18.2. The van der Waals surface area contributed by atoms with Crippen molar-refractivity contribution in [1.82, 2.24) is 0 Å². The van der Waals surface area contributed by atoms with Crippen LogP contribution < -0.4 is 10.1 Å². The molecule has 0 aliphatic heterocycles. The number of carbonyl (C=O) groups is 1. The molecule has 3 nitrogen and oxygen atoms in total. The van der Waals surface area contributed by atoms with Gasteiger partial charge in [0.15, 0.2) is 0 Å². The zero-order chi connectivity index (χ0) is 19.1. The zero-order valence-corrected chi connectivity index (χ0v) is 14.2. The second-order valence-electron chi connectivity index (χ2n) is 5.55. The van der Waals surface area contributed by atoms with Crippen molar-refractivity contribution in [3.63, 3.8) is 0 Å². The molecule has 3 aromatic rings. The Hall–Kier alpha value is -3.65. The van der Waals surface area contributed by atoms with Crippen LogP contribution in [0.3, 0.4) is 0 Å². The third kappa shape index (κ3) is 5.41. The highest BCUT2D eigenvalue weighted by Gasteiger charge is 2.08. The summed E-state index contributed by atoms with van der Waals surface area (Å²) in [6.45, 7) is -2.90. The molecule has 0 saturated carbocycles. The van der Waals surface area contributed by atoms with E-state index in [1.165, 1.54) is 24.3 Å². The fourth-order valence-corrected chi connectivity index (χ4v) is 2.33. The number of benzene rings is 3. The Bertz CT molecular complexity index is 974. The van der Waals surface area contributed by atoms with E-state index in [4.69, 9.17) is 0 Å². The highest BCUT2D eigenvalue weighted by molar-refractivity contribution is 6.04. The smallest absolute Gasteiger partial charge is 0.387 e. The van der Waals surface area contributed by atoms with E-state index in [1.807, 2.05) is 36.4 Å². The first-order valence-corrected chi connectivity index (χ1v) is 8.13. The maximum atomic E-state index is 12.3. The normalized spacial score (nSPS) is 10.0. The average Bonchev–Trinajstić information content (AvgIpc) is 2.67. The van der Waals surface area contributed by atoms with Gasteiger partial charge in [0.2, 0.25) is 0 Å². The van der Waals surface area contributed by atoms with E-state index in [0.29, 0.717) is 11.3 Å². The van der Waals surface area contributed by atoms with Gasteiger partial charge in [-0.05, 0) is 54.6 Å². The molecular weight excluding hydrogens is 348 g/mol. The van der Waals surface area contributed by atoms with Crippen molar-refractivity contribution in [3.05, 3.63) is 95.6 Å². The van der Waals surface area contributed by atoms with E-state index in [0.717, 1.165) is 11.1 Å². The second kappa shape index (κ2) is 8.63. The Labute approximate surface area is 155 Å². The van der Waals surface area contributed by atoms with Crippen molar-refractivity contribution in [2.75, 3.05) is 5.32 Å². The maximum Gasteiger partial charge on any atom is 0.387 e. The monoisotopic (exact) mass is 363 g/mol. The van der Waals surface area contributed by atoms with Crippen molar-refractivity contribution in [2.24, 2.45) is 0 Å². The van der Waals surface area contributed by atoms with Crippen LogP contribution in [-0.2, 0) is 0 Å². The van der Waals surface area contributed by atoms with E-state index in [9.17, 15) is 13.6 Å². The lowest BCUT2D eigenvalue weighted by atomic mass is 10.1. The second-order valence-corrected chi connectivity index (χ2v) is 5.55. The number of hydrogen-bond donors (Lipinski definition) is 1. The summed E-state index contributed by atoms with van der Waals surface area (Å²) in [5.74, 6) is 5.75. The van der Waals surface area contributed by atoms with E-state index in [-0.39, 0.29) is 11.7 Å². The molecule has 0 aromatic heterocycles. The fourth-order valence-electron chi connectivity index (χ4n) is 2.33. The van der Waals surface area contributed by atoms with Crippen LogP contribution in [0.4, 0.5) is 14.5 Å². The third-order valence-electron chi connectivity index (χ3n) is 3.59. The number of alkyl halides is 2.